The van der Waals surface area contributed by atoms with Gasteiger partial charge in [-0.25, -0.2) is 4.98 Å². The minimum atomic E-state index is 0.800. The minimum Gasteiger partial charge on any atom is -0.361 e. The summed E-state index contributed by atoms with van der Waals surface area (Å²) >= 11 is 1.73. The van der Waals surface area contributed by atoms with Crippen molar-refractivity contribution < 1.29 is 0 Å². The van der Waals surface area contributed by atoms with Crippen LogP contribution in [0.4, 0.5) is 5.13 Å². The molecule has 0 fully saturated rings. The molecule has 1 heterocycles. The van der Waals surface area contributed by atoms with Gasteiger partial charge in [0.2, 0.25) is 0 Å². The molecule has 0 aliphatic rings. The van der Waals surface area contributed by atoms with Crippen molar-refractivity contribution in [2.45, 2.75) is 52.9 Å². The zero-order chi connectivity index (χ0) is 11.8. The lowest BCUT2D eigenvalue weighted by Gasteiger charge is -2.14. The van der Waals surface area contributed by atoms with Gasteiger partial charge in [-0.2, -0.15) is 0 Å². The standard InChI is InChI=1S/C13H24N2S/c1-4-7-8-11(5-2)9-14-13-15-12(6-3)10-16-13/h10-11H,4-9H2,1-3H3,(H,14,15). The van der Waals surface area contributed by atoms with E-state index in [1.807, 2.05) is 0 Å². The van der Waals surface area contributed by atoms with Crippen molar-refractivity contribution in [3.8, 4) is 0 Å². The molecule has 16 heavy (non-hydrogen) atoms. The Morgan fingerprint density at radius 1 is 1.38 bits per heavy atom. The lowest BCUT2D eigenvalue weighted by molar-refractivity contribution is 0.472. The maximum Gasteiger partial charge on any atom is 0.182 e. The smallest absolute Gasteiger partial charge is 0.182 e. The number of aromatic nitrogens is 1. The third-order valence-electron chi connectivity index (χ3n) is 3.00. The molecule has 2 nitrogen and oxygen atoms in total. The summed E-state index contributed by atoms with van der Waals surface area (Å²) in [6.07, 6.45) is 6.28. The molecule has 0 bridgehead atoms. The number of anilines is 1. The lowest BCUT2D eigenvalue weighted by atomic mass is 10.00. The predicted molar refractivity (Wildman–Crippen MR) is 73.3 cm³/mol. The minimum absolute atomic E-state index is 0.800. The lowest BCUT2D eigenvalue weighted by Crippen LogP contribution is -2.13. The summed E-state index contributed by atoms with van der Waals surface area (Å²) in [7, 11) is 0. The average Bonchev–Trinajstić information content (AvgIpc) is 2.77. The summed E-state index contributed by atoms with van der Waals surface area (Å²) < 4.78 is 0. The number of hydrogen-bond acceptors (Lipinski definition) is 3. The van der Waals surface area contributed by atoms with Gasteiger partial charge in [0.1, 0.15) is 0 Å². The Kier molecular flexibility index (Phi) is 6.46. The van der Waals surface area contributed by atoms with Crippen molar-refractivity contribution >= 4 is 16.5 Å². The summed E-state index contributed by atoms with van der Waals surface area (Å²) in [6, 6.07) is 0. The zero-order valence-electron chi connectivity index (χ0n) is 10.8. The Labute approximate surface area is 103 Å². The van der Waals surface area contributed by atoms with Crippen LogP contribution >= 0.6 is 11.3 Å². The van der Waals surface area contributed by atoms with E-state index in [1.165, 1.54) is 31.4 Å². The summed E-state index contributed by atoms with van der Waals surface area (Å²) in [5.74, 6) is 0.800. The highest BCUT2D eigenvalue weighted by Gasteiger charge is 2.06. The van der Waals surface area contributed by atoms with E-state index in [-0.39, 0.29) is 0 Å². The van der Waals surface area contributed by atoms with Gasteiger partial charge in [0.05, 0.1) is 5.69 Å². The van der Waals surface area contributed by atoms with Gasteiger partial charge < -0.3 is 5.32 Å². The van der Waals surface area contributed by atoms with Crippen molar-refractivity contribution in [1.29, 1.82) is 0 Å². The molecule has 1 rings (SSSR count). The molecule has 0 aromatic carbocycles. The molecule has 0 spiro atoms. The van der Waals surface area contributed by atoms with E-state index in [1.54, 1.807) is 11.3 Å². The van der Waals surface area contributed by atoms with Crippen molar-refractivity contribution in [2.75, 3.05) is 11.9 Å². The monoisotopic (exact) mass is 240 g/mol. The van der Waals surface area contributed by atoms with Crippen molar-refractivity contribution in [3.63, 3.8) is 0 Å². The van der Waals surface area contributed by atoms with Gasteiger partial charge in [-0.1, -0.05) is 40.0 Å². The molecule has 1 N–H and O–H groups in total. The molecule has 0 aliphatic carbocycles. The van der Waals surface area contributed by atoms with E-state index in [2.05, 4.69) is 36.5 Å². The maximum atomic E-state index is 4.52. The van der Waals surface area contributed by atoms with E-state index >= 15 is 0 Å². The molecule has 0 radical (unpaired) electrons. The van der Waals surface area contributed by atoms with Crippen LogP contribution in [0, 0.1) is 5.92 Å². The molecule has 1 unspecified atom stereocenters. The fourth-order valence-electron chi connectivity index (χ4n) is 1.73. The average molecular weight is 240 g/mol. The number of aryl methyl sites for hydroxylation is 1. The van der Waals surface area contributed by atoms with E-state index in [9.17, 15) is 0 Å². The molecular weight excluding hydrogens is 216 g/mol. The van der Waals surface area contributed by atoms with Crippen molar-refractivity contribution in [3.05, 3.63) is 11.1 Å². The first kappa shape index (κ1) is 13.5. The van der Waals surface area contributed by atoms with Gasteiger partial charge in [0.25, 0.3) is 0 Å². The van der Waals surface area contributed by atoms with E-state index in [0.29, 0.717) is 0 Å². The van der Waals surface area contributed by atoms with E-state index in [0.717, 1.165) is 24.0 Å². The Morgan fingerprint density at radius 3 is 2.75 bits per heavy atom. The second-order valence-electron chi connectivity index (χ2n) is 4.29. The van der Waals surface area contributed by atoms with Crippen LogP contribution in [0.1, 0.15) is 52.1 Å². The summed E-state index contributed by atoms with van der Waals surface area (Å²) in [4.78, 5) is 4.52. The molecule has 92 valence electrons. The molecule has 1 aromatic heterocycles. The number of nitrogens with zero attached hydrogens (tertiary/aromatic N) is 1. The largest absolute Gasteiger partial charge is 0.361 e. The second kappa shape index (κ2) is 7.66. The first-order valence-electron chi connectivity index (χ1n) is 6.48. The van der Waals surface area contributed by atoms with Gasteiger partial charge in [-0.15, -0.1) is 11.3 Å². The van der Waals surface area contributed by atoms with Crippen LogP contribution in [0.15, 0.2) is 5.38 Å². The number of rotatable bonds is 8. The molecule has 1 atom stereocenters. The third-order valence-corrected chi connectivity index (χ3v) is 3.85. The molecule has 0 saturated heterocycles. The Balaban J connectivity index is 2.31. The highest BCUT2D eigenvalue weighted by Crippen LogP contribution is 2.18. The van der Waals surface area contributed by atoms with E-state index < -0.39 is 0 Å². The molecule has 3 heteroatoms. The summed E-state index contributed by atoms with van der Waals surface area (Å²) in [5, 5.41) is 6.70. The summed E-state index contributed by atoms with van der Waals surface area (Å²) in [5.41, 5.74) is 1.20. The number of hydrogen-bond donors (Lipinski definition) is 1. The highest BCUT2D eigenvalue weighted by atomic mass is 32.1. The molecule has 0 amide bonds. The van der Waals surface area contributed by atoms with Gasteiger partial charge in [-0.05, 0) is 18.8 Å². The van der Waals surface area contributed by atoms with Crippen LogP contribution in [0.5, 0.6) is 0 Å². The van der Waals surface area contributed by atoms with Crippen molar-refractivity contribution in [2.24, 2.45) is 5.92 Å². The van der Waals surface area contributed by atoms with Gasteiger partial charge in [0.15, 0.2) is 5.13 Å². The Hall–Kier alpha value is -0.570. The van der Waals surface area contributed by atoms with Crippen LogP contribution in [0.2, 0.25) is 0 Å². The van der Waals surface area contributed by atoms with Crippen molar-refractivity contribution in [1.82, 2.24) is 4.98 Å². The van der Waals surface area contributed by atoms with Crippen LogP contribution in [-0.4, -0.2) is 11.5 Å². The number of unbranched alkanes of at least 4 members (excludes halogenated alkanes) is 1. The molecule has 0 saturated carbocycles. The highest BCUT2D eigenvalue weighted by molar-refractivity contribution is 7.13. The van der Waals surface area contributed by atoms with Gasteiger partial charge in [-0.3, -0.25) is 0 Å². The first-order chi connectivity index (χ1) is 7.80. The van der Waals surface area contributed by atoms with Crippen LogP contribution in [0.25, 0.3) is 0 Å². The third kappa shape index (κ3) is 4.52. The molecule has 1 aromatic rings. The fourth-order valence-corrected chi connectivity index (χ4v) is 2.53. The zero-order valence-corrected chi connectivity index (χ0v) is 11.6. The van der Waals surface area contributed by atoms with Gasteiger partial charge in [0, 0.05) is 11.9 Å². The maximum absolute atomic E-state index is 4.52. The second-order valence-corrected chi connectivity index (χ2v) is 5.15. The fraction of sp³-hybridized carbons (Fsp3) is 0.769. The first-order valence-corrected chi connectivity index (χ1v) is 7.36. The topological polar surface area (TPSA) is 24.9 Å². The van der Waals surface area contributed by atoms with Crippen LogP contribution in [0.3, 0.4) is 0 Å². The van der Waals surface area contributed by atoms with Gasteiger partial charge >= 0.3 is 0 Å². The van der Waals surface area contributed by atoms with Crippen LogP contribution in [-0.2, 0) is 6.42 Å². The molecular formula is C13H24N2S. The Bertz CT molecular complexity index is 283. The normalized spacial score (nSPS) is 12.7. The Morgan fingerprint density at radius 2 is 2.19 bits per heavy atom. The predicted octanol–water partition coefficient (Wildman–Crippen LogP) is 4.33. The number of nitrogens with one attached hydrogen (secondary N) is 1. The van der Waals surface area contributed by atoms with Crippen LogP contribution < -0.4 is 5.32 Å². The molecule has 0 aliphatic heterocycles. The quantitative estimate of drug-likeness (QED) is 0.731. The number of thiazole rings is 1. The SMILES string of the molecule is CCCCC(CC)CNc1nc(CC)cs1. The summed E-state index contributed by atoms with van der Waals surface area (Å²) in [6.45, 7) is 7.76. The van der Waals surface area contributed by atoms with E-state index in [4.69, 9.17) is 0 Å².